The second kappa shape index (κ2) is 11.5. The molecule has 0 heterocycles. The van der Waals surface area contributed by atoms with Crippen LogP contribution in [-0.4, -0.2) is 26.0 Å². The molecule has 0 aromatic heterocycles. The van der Waals surface area contributed by atoms with Crippen LogP contribution < -0.4 is 16.4 Å². The predicted octanol–water partition coefficient (Wildman–Crippen LogP) is 0.687. The number of hydrogen-bond donors (Lipinski definition) is 3. The van der Waals surface area contributed by atoms with Crippen molar-refractivity contribution in [2.45, 2.75) is 13.3 Å². The van der Waals surface area contributed by atoms with Crippen LogP contribution in [0, 0.1) is 0 Å². The van der Waals surface area contributed by atoms with Gasteiger partial charge in [-0.1, -0.05) is 18.2 Å². The summed E-state index contributed by atoms with van der Waals surface area (Å²) in [6.45, 7) is 4.32. The lowest BCUT2D eigenvalue weighted by atomic mass is 10.1. The molecule has 0 fully saturated rings. The lowest BCUT2D eigenvalue weighted by Gasteiger charge is -2.04. The molecule has 0 aliphatic rings. The van der Waals surface area contributed by atoms with E-state index < -0.39 is 0 Å². The maximum atomic E-state index is 9.97. The lowest BCUT2D eigenvalue weighted by molar-refractivity contribution is -0.109. The monoisotopic (exact) mass is 223 g/mol. The molecule has 90 valence electrons. The van der Waals surface area contributed by atoms with E-state index in [2.05, 4.69) is 16.7 Å². The van der Waals surface area contributed by atoms with Crippen LogP contribution in [0.1, 0.15) is 13.3 Å². The second-order valence-electron chi connectivity index (χ2n) is 3.20. The highest BCUT2D eigenvalue weighted by Crippen LogP contribution is 2.02. The zero-order valence-corrected chi connectivity index (χ0v) is 9.78. The van der Waals surface area contributed by atoms with Crippen LogP contribution in [-0.2, 0) is 4.79 Å². The molecular weight excluding hydrogens is 202 g/mol. The van der Waals surface area contributed by atoms with E-state index in [9.17, 15) is 4.79 Å². The Morgan fingerprint density at radius 1 is 1.31 bits per heavy atom. The van der Waals surface area contributed by atoms with Crippen molar-refractivity contribution in [3.05, 3.63) is 36.1 Å². The van der Waals surface area contributed by atoms with Gasteiger partial charge in [0.15, 0.2) is 0 Å². The van der Waals surface area contributed by atoms with Gasteiger partial charge in [0.1, 0.15) is 0 Å². The van der Waals surface area contributed by atoms with E-state index in [0.29, 0.717) is 13.0 Å². The normalized spacial score (nSPS) is 12.4. The van der Waals surface area contributed by atoms with Crippen molar-refractivity contribution < 1.29 is 4.79 Å². The maximum absolute atomic E-state index is 9.97. The van der Waals surface area contributed by atoms with E-state index in [1.54, 1.807) is 0 Å². The minimum Gasteiger partial charge on any atom is -0.405 e. The molecule has 4 heteroatoms. The van der Waals surface area contributed by atoms with Crippen molar-refractivity contribution in [2.24, 2.45) is 5.73 Å². The molecule has 0 aromatic carbocycles. The van der Waals surface area contributed by atoms with Gasteiger partial charge in [-0.3, -0.25) is 4.79 Å². The van der Waals surface area contributed by atoms with Crippen LogP contribution in [0.3, 0.4) is 0 Å². The number of hydrogen-bond acceptors (Lipinski definition) is 3. The van der Waals surface area contributed by atoms with Gasteiger partial charge in [-0.15, -0.1) is 0 Å². The van der Waals surface area contributed by atoms with E-state index in [1.807, 2.05) is 25.2 Å². The first kappa shape index (κ1) is 14.5. The largest absolute Gasteiger partial charge is 0.405 e. The zero-order chi connectivity index (χ0) is 12.1. The summed E-state index contributed by atoms with van der Waals surface area (Å²) in [4.78, 5) is 9.97. The quantitative estimate of drug-likeness (QED) is 0.306. The van der Waals surface area contributed by atoms with Crippen LogP contribution in [0.4, 0.5) is 0 Å². The molecule has 1 amide bonds. The van der Waals surface area contributed by atoms with E-state index in [4.69, 9.17) is 5.73 Å². The molecule has 0 aromatic rings. The number of carbonyl (C=O) groups excluding carboxylic acids is 1. The Morgan fingerprint density at radius 2 is 2.12 bits per heavy atom. The zero-order valence-electron chi connectivity index (χ0n) is 9.78. The summed E-state index contributed by atoms with van der Waals surface area (Å²) in [5.41, 5.74) is 6.50. The third-order valence-corrected chi connectivity index (χ3v) is 1.92. The van der Waals surface area contributed by atoms with Gasteiger partial charge in [0.2, 0.25) is 6.41 Å². The van der Waals surface area contributed by atoms with Gasteiger partial charge in [-0.05, 0) is 37.7 Å². The topological polar surface area (TPSA) is 67.2 Å². The molecule has 16 heavy (non-hydrogen) atoms. The fourth-order valence-corrected chi connectivity index (χ4v) is 1.19. The van der Waals surface area contributed by atoms with Crippen molar-refractivity contribution >= 4 is 6.41 Å². The van der Waals surface area contributed by atoms with Gasteiger partial charge in [0, 0.05) is 13.1 Å². The van der Waals surface area contributed by atoms with Crippen LogP contribution in [0.15, 0.2) is 36.1 Å². The average molecular weight is 223 g/mol. The molecule has 0 rings (SSSR count). The third kappa shape index (κ3) is 9.02. The smallest absolute Gasteiger partial charge is 0.207 e. The molecule has 4 N–H and O–H groups in total. The average Bonchev–Trinajstić information content (AvgIpc) is 2.30. The fraction of sp³-hybridized carbons (Fsp3) is 0.417. The first-order valence-electron chi connectivity index (χ1n) is 5.43. The molecular formula is C12H21N3O. The van der Waals surface area contributed by atoms with Crippen molar-refractivity contribution in [3.8, 4) is 0 Å². The molecule has 0 aliphatic carbocycles. The highest BCUT2D eigenvalue weighted by molar-refractivity contribution is 5.45. The maximum Gasteiger partial charge on any atom is 0.207 e. The summed E-state index contributed by atoms with van der Waals surface area (Å²) in [7, 11) is 0. The summed E-state index contributed by atoms with van der Waals surface area (Å²) in [6.07, 6.45) is 11.0. The Balaban J connectivity index is 3.72. The standard InChI is InChI=1S/C12H21N3O/c1-2-4-12(5-3-7-13)6-8-14-9-10-15-11-16/h2-5,7,11,14H,6,8-10,13H2,1H3,(H,15,16)/b4-2-,7-3+,12-5+. The summed E-state index contributed by atoms with van der Waals surface area (Å²) < 4.78 is 0. The van der Waals surface area contributed by atoms with Gasteiger partial charge < -0.3 is 16.4 Å². The Kier molecular flexibility index (Phi) is 10.4. The van der Waals surface area contributed by atoms with Gasteiger partial charge in [-0.2, -0.15) is 0 Å². The summed E-state index contributed by atoms with van der Waals surface area (Å²) in [5, 5.41) is 5.83. The van der Waals surface area contributed by atoms with E-state index in [1.165, 1.54) is 11.8 Å². The Hall–Kier alpha value is -1.55. The number of nitrogens with one attached hydrogen (secondary N) is 2. The van der Waals surface area contributed by atoms with Crippen LogP contribution >= 0.6 is 0 Å². The highest BCUT2D eigenvalue weighted by Gasteiger charge is 1.91. The van der Waals surface area contributed by atoms with Gasteiger partial charge >= 0.3 is 0 Å². The molecule has 0 unspecified atom stereocenters. The molecule has 0 saturated carbocycles. The summed E-state index contributed by atoms with van der Waals surface area (Å²) in [5.74, 6) is 0. The summed E-state index contributed by atoms with van der Waals surface area (Å²) in [6, 6.07) is 0. The first-order valence-corrected chi connectivity index (χ1v) is 5.43. The minimum atomic E-state index is 0.662. The van der Waals surface area contributed by atoms with Crippen molar-refractivity contribution in [3.63, 3.8) is 0 Å². The molecule has 4 nitrogen and oxygen atoms in total. The highest BCUT2D eigenvalue weighted by atomic mass is 16.1. The Labute approximate surface area is 97.3 Å². The number of rotatable bonds is 9. The number of amides is 1. The molecule has 0 radical (unpaired) electrons. The summed E-state index contributed by atoms with van der Waals surface area (Å²) >= 11 is 0. The van der Waals surface area contributed by atoms with Crippen molar-refractivity contribution in [1.82, 2.24) is 10.6 Å². The molecule has 0 bridgehead atoms. The predicted molar refractivity (Wildman–Crippen MR) is 67.8 cm³/mol. The van der Waals surface area contributed by atoms with Crippen molar-refractivity contribution in [2.75, 3.05) is 19.6 Å². The van der Waals surface area contributed by atoms with E-state index in [-0.39, 0.29) is 0 Å². The SMILES string of the molecule is C\C=C/C(=C\C=C\N)CCNCCNC=O. The number of allylic oxidation sites excluding steroid dienone is 4. The number of carbonyl (C=O) groups is 1. The fourth-order valence-electron chi connectivity index (χ4n) is 1.19. The third-order valence-electron chi connectivity index (χ3n) is 1.92. The number of nitrogens with two attached hydrogens (primary N) is 1. The van der Waals surface area contributed by atoms with Crippen LogP contribution in [0.5, 0.6) is 0 Å². The molecule has 0 aliphatic heterocycles. The Bertz CT molecular complexity index is 257. The first-order chi connectivity index (χ1) is 7.85. The lowest BCUT2D eigenvalue weighted by Crippen LogP contribution is -2.27. The van der Waals surface area contributed by atoms with Crippen LogP contribution in [0.2, 0.25) is 0 Å². The molecule has 0 spiro atoms. The van der Waals surface area contributed by atoms with Gasteiger partial charge in [0.05, 0.1) is 0 Å². The van der Waals surface area contributed by atoms with Crippen molar-refractivity contribution in [1.29, 1.82) is 0 Å². The molecule has 0 saturated heterocycles. The van der Waals surface area contributed by atoms with Crippen LogP contribution in [0.25, 0.3) is 0 Å². The van der Waals surface area contributed by atoms with E-state index in [0.717, 1.165) is 19.5 Å². The Morgan fingerprint density at radius 3 is 2.75 bits per heavy atom. The molecule has 0 atom stereocenters. The van der Waals surface area contributed by atoms with E-state index >= 15 is 0 Å². The van der Waals surface area contributed by atoms with Gasteiger partial charge in [-0.25, -0.2) is 0 Å². The second-order valence-corrected chi connectivity index (χ2v) is 3.20. The minimum absolute atomic E-state index is 0.662. The van der Waals surface area contributed by atoms with Gasteiger partial charge in [0.25, 0.3) is 0 Å².